The average molecular weight is 291 g/mol. The van der Waals surface area contributed by atoms with Crippen molar-refractivity contribution >= 4 is 5.82 Å². The van der Waals surface area contributed by atoms with Crippen LogP contribution in [0.3, 0.4) is 0 Å². The number of nitrogens with one attached hydrogen (secondary N) is 1. The minimum Gasteiger partial charge on any atom is -0.382 e. The molecule has 0 saturated heterocycles. The van der Waals surface area contributed by atoms with E-state index in [2.05, 4.69) is 36.1 Å². The highest BCUT2D eigenvalue weighted by atomic mass is 16.3. The Hall–Kier alpha value is -1.16. The van der Waals surface area contributed by atoms with Crippen LogP contribution in [-0.2, 0) is 18.4 Å². The molecule has 21 heavy (non-hydrogen) atoms. The number of aromatic nitrogens is 2. The Bertz CT molecular complexity index is 490. The maximum absolute atomic E-state index is 10.2. The first kappa shape index (κ1) is 16.2. The van der Waals surface area contributed by atoms with Gasteiger partial charge in [0.05, 0.1) is 0 Å². The topological polar surface area (TPSA) is 58.0 Å². The highest BCUT2D eigenvalue weighted by Gasteiger charge is 2.27. The van der Waals surface area contributed by atoms with Gasteiger partial charge in [0.2, 0.25) is 0 Å². The Morgan fingerprint density at radius 1 is 1.24 bits per heavy atom. The van der Waals surface area contributed by atoms with Gasteiger partial charge in [0.1, 0.15) is 11.4 Å². The Morgan fingerprint density at radius 3 is 2.33 bits per heavy atom. The number of hydrogen-bond acceptors (Lipinski definition) is 4. The van der Waals surface area contributed by atoms with Crippen molar-refractivity contribution < 1.29 is 5.11 Å². The maximum atomic E-state index is 10.2. The van der Waals surface area contributed by atoms with Crippen LogP contribution in [0.4, 0.5) is 5.82 Å². The van der Waals surface area contributed by atoms with E-state index < -0.39 is 5.60 Å². The number of nitrogens with zero attached hydrogens (tertiary/aromatic N) is 2. The third-order valence-corrected chi connectivity index (χ3v) is 4.55. The second-order valence-corrected chi connectivity index (χ2v) is 6.71. The first-order chi connectivity index (χ1) is 9.86. The summed E-state index contributed by atoms with van der Waals surface area (Å²) in [5, 5.41) is 13.8. The van der Waals surface area contributed by atoms with Gasteiger partial charge in [-0.3, -0.25) is 0 Å². The second-order valence-electron chi connectivity index (χ2n) is 6.71. The molecule has 1 aliphatic rings. The van der Waals surface area contributed by atoms with Gasteiger partial charge < -0.3 is 10.4 Å². The van der Waals surface area contributed by atoms with E-state index in [0.29, 0.717) is 11.9 Å². The SMILES string of the molecule is CCc1nc(C(C)(C)O)nc(NC(C)C2CCC2)c1CC. The number of aryl methyl sites for hydroxylation is 1. The molecule has 4 heteroatoms. The molecule has 1 unspecified atom stereocenters. The van der Waals surface area contributed by atoms with E-state index in [1.807, 2.05) is 0 Å². The van der Waals surface area contributed by atoms with Crippen LogP contribution in [-0.4, -0.2) is 21.1 Å². The number of aliphatic hydroxyl groups is 1. The molecule has 0 spiro atoms. The summed E-state index contributed by atoms with van der Waals surface area (Å²) in [6.07, 6.45) is 5.73. The Balaban J connectivity index is 2.35. The quantitative estimate of drug-likeness (QED) is 0.843. The van der Waals surface area contributed by atoms with Crippen molar-refractivity contribution in [3.63, 3.8) is 0 Å². The zero-order chi connectivity index (χ0) is 15.6. The van der Waals surface area contributed by atoms with Crippen molar-refractivity contribution in [3.05, 3.63) is 17.1 Å². The Morgan fingerprint density at radius 2 is 1.90 bits per heavy atom. The van der Waals surface area contributed by atoms with Gasteiger partial charge in [0.15, 0.2) is 5.82 Å². The summed E-state index contributed by atoms with van der Waals surface area (Å²) >= 11 is 0. The van der Waals surface area contributed by atoms with Crippen LogP contribution in [0.2, 0.25) is 0 Å². The van der Waals surface area contributed by atoms with E-state index in [1.54, 1.807) is 13.8 Å². The molecule has 1 fully saturated rings. The zero-order valence-corrected chi connectivity index (χ0v) is 14.0. The molecule has 2 N–H and O–H groups in total. The van der Waals surface area contributed by atoms with Crippen LogP contribution < -0.4 is 5.32 Å². The minimum absolute atomic E-state index is 0.429. The summed E-state index contributed by atoms with van der Waals surface area (Å²) < 4.78 is 0. The summed E-state index contributed by atoms with van der Waals surface area (Å²) in [4.78, 5) is 9.21. The van der Waals surface area contributed by atoms with Gasteiger partial charge in [-0.05, 0) is 52.4 Å². The summed E-state index contributed by atoms with van der Waals surface area (Å²) in [5.74, 6) is 2.18. The van der Waals surface area contributed by atoms with Crippen LogP contribution in [0.25, 0.3) is 0 Å². The van der Waals surface area contributed by atoms with Crippen molar-refractivity contribution in [3.8, 4) is 0 Å². The minimum atomic E-state index is -1.01. The molecule has 2 rings (SSSR count). The maximum Gasteiger partial charge on any atom is 0.162 e. The number of anilines is 1. The third-order valence-electron chi connectivity index (χ3n) is 4.55. The van der Waals surface area contributed by atoms with E-state index in [1.165, 1.54) is 24.8 Å². The van der Waals surface area contributed by atoms with Crippen molar-refractivity contribution in [2.75, 3.05) is 5.32 Å². The van der Waals surface area contributed by atoms with E-state index in [9.17, 15) is 5.11 Å². The van der Waals surface area contributed by atoms with Gasteiger partial charge in [-0.15, -0.1) is 0 Å². The first-order valence-electron chi connectivity index (χ1n) is 8.26. The lowest BCUT2D eigenvalue weighted by Crippen LogP contribution is -2.32. The predicted octanol–water partition coefficient (Wildman–Crippen LogP) is 3.43. The fraction of sp³-hybridized carbons (Fsp3) is 0.765. The van der Waals surface area contributed by atoms with Gasteiger partial charge in [-0.2, -0.15) is 0 Å². The highest BCUT2D eigenvalue weighted by Crippen LogP contribution is 2.32. The predicted molar refractivity (Wildman–Crippen MR) is 86.5 cm³/mol. The van der Waals surface area contributed by atoms with E-state index >= 15 is 0 Å². The molecule has 0 aromatic carbocycles. The molecule has 1 aromatic rings. The standard InChI is InChI=1S/C17H29N3O/c1-6-13-14(7-2)19-16(17(4,5)21)20-15(13)18-11(3)12-9-8-10-12/h11-12,21H,6-10H2,1-5H3,(H,18,19,20). The molecule has 0 radical (unpaired) electrons. The van der Waals surface area contributed by atoms with Crippen molar-refractivity contribution in [2.45, 2.75) is 78.4 Å². The second kappa shape index (κ2) is 6.30. The number of rotatable bonds is 6. The van der Waals surface area contributed by atoms with Crippen molar-refractivity contribution in [1.82, 2.24) is 9.97 Å². The van der Waals surface area contributed by atoms with E-state index in [-0.39, 0.29) is 0 Å². The summed E-state index contributed by atoms with van der Waals surface area (Å²) in [6.45, 7) is 9.97. The lowest BCUT2D eigenvalue weighted by molar-refractivity contribution is 0.0685. The first-order valence-corrected chi connectivity index (χ1v) is 8.26. The van der Waals surface area contributed by atoms with Crippen LogP contribution in [0.5, 0.6) is 0 Å². The van der Waals surface area contributed by atoms with Gasteiger partial charge >= 0.3 is 0 Å². The summed E-state index contributed by atoms with van der Waals surface area (Å²) in [5.41, 5.74) is 1.23. The molecular formula is C17H29N3O. The van der Waals surface area contributed by atoms with Gasteiger partial charge in [0.25, 0.3) is 0 Å². The van der Waals surface area contributed by atoms with Gasteiger partial charge in [-0.1, -0.05) is 20.3 Å². The van der Waals surface area contributed by atoms with Gasteiger partial charge in [-0.25, -0.2) is 9.97 Å². The van der Waals surface area contributed by atoms with E-state index in [4.69, 9.17) is 0 Å². The van der Waals surface area contributed by atoms with Crippen LogP contribution in [0.15, 0.2) is 0 Å². The third kappa shape index (κ3) is 3.54. The molecule has 118 valence electrons. The Labute approximate surface area is 128 Å². The smallest absolute Gasteiger partial charge is 0.162 e. The zero-order valence-electron chi connectivity index (χ0n) is 14.0. The largest absolute Gasteiger partial charge is 0.382 e. The fourth-order valence-electron chi connectivity index (χ4n) is 2.86. The average Bonchev–Trinajstić information content (AvgIpc) is 2.34. The molecule has 4 nitrogen and oxygen atoms in total. The highest BCUT2D eigenvalue weighted by molar-refractivity contribution is 5.48. The van der Waals surface area contributed by atoms with Crippen LogP contribution in [0.1, 0.15) is 71.0 Å². The lowest BCUT2D eigenvalue weighted by atomic mass is 9.80. The van der Waals surface area contributed by atoms with Crippen molar-refractivity contribution in [2.24, 2.45) is 5.92 Å². The van der Waals surface area contributed by atoms with Gasteiger partial charge in [0, 0.05) is 17.3 Å². The van der Waals surface area contributed by atoms with Crippen LogP contribution >= 0.6 is 0 Å². The normalized spacial score (nSPS) is 17.4. The molecule has 1 aliphatic carbocycles. The van der Waals surface area contributed by atoms with Crippen molar-refractivity contribution in [1.29, 1.82) is 0 Å². The molecule has 1 aromatic heterocycles. The molecule has 0 bridgehead atoms. The molecule has 0 amide bonds. The monoisotopic (exact) mass is 291 g/mol. The number of hydrogen-bond donors (Lipinski definition) is 2. The molecule has 1 saturated carbocycles. The molecular weight excluding hydrogens is 262 g/mol. The fourth-order valence-corrected chi connectivity index (χ4v) is 2.86. The van der Waals surface area contributed by atoms with Crippen LogP contribution in [0, 0.1) is 5.92 Å². The molecule has 1 atom stereocenters. The molecule has 0 aliphatic heterocycles. The Kier molecular flexibility index (Phi) is 4.87. The van der Waals surface area contributed by atoms with E-state index in [0.717, 1.165) is 30.3 Å². The molecule has 1 heterocycles. The summed E-state index contributed by atoms with van der Waals surface area (Å²) in [6, 6.07) is 0.429. The lowest BCUT2D eigenvalue weighted by Gasteiger charge is -2.33. The summed E-state index contributed by atoms with van der Waals surface area (Å²) in [7, 11) is 0.